The summed E-state index contributed by atoms with van der Waals surface area (Å²) in [5.41, 5.74) is -1.47. The molecule has 0 saturated heterocycles. The number of hydrogen-bond donors (Lipinski definition) is 1. The van der Waals surface area contributed by atoms with Crippen LogP contribution < -0.4 is 5.63 Å². The number of ketones is 6. The Morgan fingerprint density at radius 1 is 0.721 bits per heavy atom. The maximum atomic E-state index is 15.0. The molecule has 6 saturated carbocycles. The minimum atomic E-state index is -1.90. The lowest BCUT2D eigenvalue weighted by Crippen LogP contribution is -2.61. The molecule has 8 rings (SSSR count). The SMILES string of the molecule is CC(=O)[C@@H]1CC([C@]2(O)C(=O)C[C@H]3[C@@]4(C)CCC(=O)C(C)(C)[C@@H]4CC[C@@]32C)=C[C@@H](/C=C(\C)c2ccc(C)c(=O)o2)[C@H]1C(=O)/C(C)=C/C=C/C(C)=C1\C(=O)C[C@H]2[C@@]3(C)CCC(=O)C(C)(C)[C@@H]3CC[C@]12C. The van der Waals surface area contributed by atoms with Gasteiger partial charge in [-0.1, -0.05) is 85.8 Å². The topological polar surface area (TPSA) is 153 Å². The summed E-state index contributed by atoms with van der Waals surface area (Å²) in [4.78, 5) is 96.8. The molecule has 1 heterocycles. The van der Waals surface area contributed by atoms with Crippen LogP contribution in [0.5, 0.6) is 0 Å². The molecule has 0 aromatic carbocycles. The third-order valence-corrected chi connectivity index (χ3v) is 20.7. The molecule has 0 bridgehead atoms. The number of aliphatic hydroxyl groups is 1. The molecule has 0 radical (unpaired) electrons. The molecule has 1 aromatic heterocycles. The van der Waals surface area contributed by atoms with Crippen LogP contribution in [0.4, 0.5) is 0 Å². The minimum absolute atomic E-state index is 0.0325. The van der Waals surface area contributed by atoms with E-state index in [1.54, 1.807) is 39.0 Å². The summed E-state index contributed by atoms with van der Waals surface area (Å²) in [6.45, 7) is 25.6. The van der Waals surface area contributed by atoms with Crippen LogP contribution in [-0.2, 0) is 28.8 Å². The van der Waals surface area contributed by atoms with Crippen LogP contribution in [-0.4, -0.2) is 45.4 Å². The van der Waals surface area contributed by atoms with Gasteiger partial charge in [0.2, 0.25) is 0 Å². The zero-order valence-corrected chi connectivity index (χ0v) is 43.1. The largest absolute Gasteiger partial charge is 0.423 e. The first-order chi connectivity index (χ1) is 31.5. The first-order valence-electron chi connectivity index (χ1n) is 25.5. The average molecular weight is 929 g/mol. The smallest absolute Gasteiger partial charge is 0.339 e. The van der Waals surface area contributed by atoms with Gasteiger partial charge in [0.05, 0.1) is 0 Å². The minimum Gasteiger partial charge on any atom is -0.423 e. The summed E-state index contributed by atoms with van der Waals surface area (Å²) in [6.07, 6.45) is 15.2. The van der Waals surface area contributed by atoms with Gasteiger partial charge in [0.25, 0.3) is 0 Å². The summed E-state index contributed by atoms with van der Waals surface area (Å²) in [7, 11) is 0. The Labute approximate surface area is 403 Å². The maximum Gasteiger partial charge on any atom is 0.339 e. The molecule has 9 nitrogen and oxygen atoms in total. The molecular weight excluding hydrogens is 853 g/mol. The van der Waals surface area contributed by atoms with Crippen LogP contribution >= 0.6 is 0 Å². The molecule has 7 aliphatic rings. The van der Waals surface area contributed by atoms with E-state index in [9.17, 15) is 33.9 Å². The van der Waals surface area contributed by atoms with Crippen LogP contribution in [0, 0.1) is 80.8 Å². The molecule has 6 fully saturated rings. The van der Waals surface area contributed by atoms with Crippen LogP contribution in [0.1, 0.15) is 165 Å². The van der Waals surface area contributed by atoms with E-state index in [2.05, 4.69) is 34.6 Å². The van der Waals surface area contributed by atoms with Crippen molar-refractivity contribution in [2.75, 3.05) is 0 Å². The second-order valence-electron chi connectivity index (χ2n) is 24.9. The number of carbonyl (C=O) groups excluding carboxylic acids is 6. The zero-order chi connectivity index (χ0) is 50.1. The fraction of sp³-hybridized carbons (Fsp3) is 0.644. The highest BCUT2D eigenvalue weighted by molar-refractivity contribution is 6.02. The standard InChI is InChI=1S/C59H76O9/c1-32(50-40(61)30-44-55(10)24-21-46(62)53(6,7)42(55)19-23-57(44,50)12)15-14-16-33(2)51(65)49-37(27-35(4)41-18-17-34(3)52(66)68-41)28-38(29-39(49)36(5)60)59(67)48(64)31-45-56(11)25-22-47(63)54(8,9)43(56)20-26-58(45,59)13/h14-18,27-28,37,39,42-45,49,67H,19-26,29-31H2,1-13H3/b15-14+,33-16+,35-27+,50-32+/t37-,39+,42+,43+,44+,45+,49-,55+,56+,57+,58+,59+/m1/s1. The number of allylic oxidation sites excluding steroid dienone is 9. The lowest BCUT2D eigenvalue weighted by Gasteiger charge is -2.62. The van der Waals surface area contributed by atoms with Crippen molar-refractivity contribution in [1.82, 2.24) is 0 Å². The average Bonchev–Trinajstić information content (AvgIpc) is 3.67. The van der Waals surface area contributed by atoms with Gasteiger partial charge in [-0.2, -0.15) is 0 Å². The van der Waals surface area contributed by atoms with Crippen molar-refractivity contribution in [2.45, 2.75) is 166 Å². The second kappa shape index (κ2) is 16.6. The molecule has 0 unspecified atom stereocenters. The highest BCUT2D eigenvalue weighted by Crippen LogP contribution is 2.72. The molecule has 0 aliphatic heterocycles. The lowest BCUT2D eigenvalue weighted by molar-refractivity contribution is -0.172. The Morgan fingerprint density at radius 2 is 1.31 bits per heavy atom. The van der Waals surface area contributed by atoms with Crippen molar-refractivity contribution in [1.29, 1.82) is 0 Å². The zero-order valence-electron chi connectivity index (χ0n) is 43.1. The summed E-state index contributed by atoms with van der Waals surface area (Å²) in [5.74, 6) is -2.05. The first-order valence-corrected chi connectivity index (χ1v) is 25.5. The second-order valence-corrected chi connectivity index (χ2v) is 24.9. The number of hydrogen-bond acceptors (Lipinski definition) is 9. The van der Waals surface area contributed by atoms with Crippen LogP contribution in [0.15, 0.2) is 74.0 Å². The van der Waals surface area contributed by atoms with Crippen LogP contribution in [0.25, 0.3) is 5.57 Å². The summed E-state index contributed by atoms with van der Waals surface area (Å²) >= 11 is 0. The Morgan fingerprint density at radius 3 is 1.90 bits per heavy atom. The van der Waals surface area contributed by atoms with Gasteiger partial charge in [0.1, 0.15) is 28.7 Å². The van der Waals surface area contributed by atoms with Gasteiger partial charge in [0.15, 0.2) is 17.3 Å². The van der Waals surface area contributed by atoms with E-state index < -0.39 is 45.2 Å². The number of fused-ring (bicyclic) bond motifs is 6. The number of aryl methyl sites for hydroxylation is 1. The van der Waals surface area contributed by atoms with Crippen LogP contribution in [0.3, 0.4) is 0 Å². The molecular formula is C59H76O9. The molecule has 366 valence electrons. The summed E-state index contributed by atoms with van der Waals surface area (Å²) < 4.78 is 5.69. The van der Waals surface area contributed by atoms with Crippen molar-refractivity contribution >= 4 is 40.3 Å². The van der Waals surface area contributed by atoms with Gasteiger partial charge < -0.3 is 9.52 Å². The van der Waals surface area contributed by atoms with E-state index in [-0.39, 0.29) is 81.7 Å². The summed E-state index contributed by atoms with van der Waals surface area (Å²) in [5, 5.41) is 13.2. The van der Waals surface area contributed by atoms with Crippen molar-refractivity contribution < 1.29 is 38.3 Å². The normalized spacial score (nSPS) is 40.9. The Kier molecular flexibility index (Phi) is 12.2. The molecule has 7 aliphatic carbocycles. The third kappa shape index (κ3) is 7.18. The maximum absolute atomic E-state index is 15.0. The molecule has 9 heteroatoms. The number of carbonyl (C=O) groups is 6. The quantitative estimate of drug-likeness (QED) is 0.152. The van der Waals surface area contributed by atoms with Crippen molar-refractivity contribution in [3.63, 3.8) is 0 Å². The number of rotatable bonds is 8. The third-order valence-electron chi connectivity index (χ3n) is 20.7. The molecule has 1 aromatic rings. The fourth-order valence-corrected chi connectivity index (χ4v) is 16.9. The van der Waals surface area contributed by atoms with Gasteiger partial charge in [-0.15, -0.1) is 0 Å². The van der Waals surface area contributed by atoms with E-state index >= 15 is 4.79 Å². The Balaban J connectivity index is 1.15. The monoisotopic (exact) mass is 929 g/mol. The summed E-state index contributed by atoms with van der Waals surface area (Å²) in [6, 6.07) is 3.39. The highest BCUT2D eigenvalue weighted by Gasteiger charge is 2.72. The number of Topliss-reactive ketones (excluding diaryl/α,β-unsaturated/α-hetero) is 6. The molecule has 12 atom stereocenters. The Bertz CT molecular complexity index is 2630. The van der Waals surface area contributed by atoms with Crippen molar-refractivity contribution in [3.05, 3.63) is 86.5 Å². The predicted molar refractivity (Wildman–Crippen MR) is 263 cm³/mol. The Hall–Kier alpha value is -4.37. The first kappa shape index (κ1) is 50.0. The van der Waals surface area contributed by atoms with Gasteiger partial charge >= 0.3 is 5.63 Å². The van der Waals surface area contributed by atoms with Gasteiger partial charge in [-0.25, -0.2) is 4.79 Å². The molecule has 0 amide bonds. The molecule has 0 spiro atoms. The van der Waals surface area contributed by atoms with Crippen molar-refractivity contribution in [3.8, 4) is 0 Å². The van der Waals surface area contributed by atoms with Gasteiger partial charge in [-0.3, -0.25) is 28.8 Å². The predicted octanol–water partition coefficient (Wildman–Crippen LogP) is 11.0. The van der Waals surface area contributed by atoms with E-state index in [4.69, 9.17) is 4.42 Å². The fourth-order valence-electron chi connectivity index (χ4n) is 16.9. The lowest BCUT2D eigenvalue weighted by atomic mass is 9.42. The molecule has 68 heavy (non-hydrogen) atoms. The van der Waals surface area contributed by atoms with E-state index in [0.717, 1.165) is 30.4 Å². The van der Waals surface area contributed by atoms with Gasteiger partial charge in [0, 0.05) is 76.2 Å². The van der Waals surface area contributed by atoms with Gasteiger partial charge in [-0.05, 0) is 148 Å². The van der Waals surface area contributed by atoms with E-state index in [0.29, 0.717) is 72.4 Å². The molecule has 1 N–H and O–H groups in total. The van der Waals surface area contributed by atoms with E-state index in [1.807, 2.05) is 52.0 Å². The van der Waals surface area contributed by atoms with Crippen molar-refractivity contribution in [2.24, 2.45) is 73.9 Å². The highest BCUT2D eigenvalue weighted by atomic mass is 16.4. The van der Waals surface area contributed by atoms with E-state index in [1.165, 1.54) is 6.92 Å². The van der Waals surface area contributed by atoms with Crippen LogP contribution in [0.2, 0.25) is 0 Å².